The van der Waals surface area contributed by atoms with Gasteiger partial charge in [-0.2, -0.15) is 0 Å². The summed E-state index contributed by atoms with van der Waals surface area (Å²) < 4.78 is 6.15. The number of unbranched alkanes of at least 4 members (excludes halogenated alkanes) is 3. The lowest BCUT2D eigenvalue weighted by Crippen LogP contribution is -2.34. The minimum Gasteiger partial charge on any atom is -0.481 e. The molecule has 0 aliphatic carbocycles. The minimum absolute atomic E-state index is 0.00945. The van der Waals surface area contributed by atoms with E-state index in [-0.39, 0.29) is 12.2 Å². The fourth-order valence-corrected chi connectivity index (χ4v) is 4.60. The molecule has 28 heavy (non-hydrogen) atoms. The van der Waals surface area contributed by atoms with Crippen LogP contribution in [0.5, 0.6) is 0 Å². The molecule has 2 N–H and O–H groups in total. The average Bonchev–Trinajstić information content (AvgIpc) is 3.30. The third-order valence-corrected chi connectivity index (χ3v) is 6.03. The first-order valence-corrected chi connectivity index (χ1v) is 10.5. The number of carboxylic acids is 1. The Morgan fingerprint density at radius 1 is 1.04 bits per heavy atom. The molecule has 0 saturated carbocycles. The zero-order valence-electron chi connectivity index (χ0n) is 16.4. The Morgan fingerprint density at radius 3 is 2.50 bits per heavy atom. The Kier molecular flexibility index (Phi) is 7.66. The van der Waals surface area contributed by atoms with E-state index in [4.69, 9.17) is 9.84 Å². The molecule has 5 heteroatoms. The van der Waals surface area contributed by atoms with E-state index in [1.807, 2.05) is 30.3 Å². The van der Waals surface area contributed by atoms with Crippen molar-refractivity contribution in [3.63, 3.8) is 0 Å². The van der Waals surface area contributed by atoms with Crippen molar-refractivity contribution in [3.8, 4) is 0 Å². The molecule has 3 rings (SSSR count). The van der Waals surface area contributed by atoms with E-state index in [0.29, 0.717) is 29.6 Å². The molecule has 0 unspecified atom stereocenters. The van der Waals surface area contributed by atoms with Gasteiger partial charge in [-0.1, -0.05) is 49.6 Å². The van der Waals surface area contributed by atoms with Crippen LogP contribution < -0.4 is 5.32 Å². The van der Waals surface area contributed by atoms with Gasteiger partial charge in [-0.05, 0) is 31.6 Å². The second-order valence-electron chi connectivity index (χ2n) is 7.94. The van der Waals surface area contributed by atoms with Crippen LogP contribution in [0.1, 0.15) is 61.7 Å². The quantitative estimate of drug-likeness (QED) is 0.320. The number of ether oxygens (including phenoxy) is 1. The Balaban J connectivity index is 1.40. The lowest BCUT2D eigenvalue weighted by Gasteiger charge is -2.28. The van der Waals surface area contributed by atoms with Gasteiger partial charge in [-0.3, -0.25) is 9.59 Å². The normalized spacial score (nSPS) is 26.0. The maximum atomic E-state index is 12.1. The molecule has 1 aromatic rings. The molecule has 0 radical (unpaired) electrons. The molecule has 0 amide bonds. The largest absolute Gasteiger partial charge is 0.481 e. The van der Waals surface area contributed by atoms with Gasteiger partial charge in [0, 0.05) is 36.7 Å². The second kappa shape index (κ2) is 10.4. The highest BCUT2D eigenvalue weighted by Crippen LogP contribution is 2.45. The molecule has 2 saturated heterocycles. The fraction of sp³-hybridized carbons (Fsp3) is 0.565. The number of aliphatic carboxylic acids is 1. The summed E-state index contributed by atoms with van der Waals surface area (Å²) in [6, 6.07) is 9.28. The lowest BCUT2D eigenvalue weighted by molar-refractivity contribution is -0.137. The summed E-state index contributed by atoms with van der Waals surface area (Å²) in [5.74, 6) is 0.375. The third-order valence-electron chi connectivity index (χ3n) is 6.03. The van der Waals surface area contributed by atoms with Crippen LogP contribution in [0.25, 0.3) is 0 Å². The van der Waals surface area contributed by atoms with Crippen molar-refractivity contribution in [3.05, 3.63) is 48.2 Å². The Labute approximate surface area is 167 Å². The van der Waals surface area contributed by atoms with E-state index in [9.17, 15) is 9.59 Å². The smallest absolute Gasteiger partial charge is 0.303 e. The SMILES string of the molecule is O=C(O)CCCCCC[C@@H]1[C@@H](CNC=CC(=O)c2ccccc2)[C@H]2CC[C@@H]1O2. The second-order valence-corrected chi connectivity index (χ2v) is 7.94. The summed E-state index contributed by atoms with van der Waals surface area (Å²) in [6.07, 6.45) is 11.8. The van der Waals surface area contributed by atoms with Crippen molar-refractivity contribution in [2.45, 2.75) is 63.6 Å². The number of nitrogens with one attached hydrogen (secondary N) is 1. The third kappa shape index (κ3) is 5.68. The number of fused-ring (bicyclic) bond motifs is 2. The van der Waals surface area contributed by atoms with Crippen LogP contribution in [0.4, 0.5) is 0 Å². The molecular weight excluding hydrogens is 354 g/mol. The van der Waals surface area contributed by atoms with Gasteiger partial charge in [0.2, 0.25) is 0 Å². The molecular formula is C23H31NO4. The zero-order chi connectivity index (χ0) is 19.8. The number of ketones is 1. The summed E-state index contributed by atoms with van der Waals surface area (Å²) >= 11 is 0. The number of carbonyl (C=O) groups is 2. The van der Waals surface area contributed by atoms with Gasteiger partial charge < -0.3 is 15.2 Å². The van der Waals surface area contributed by atoms with Crippen molar-refractivity contribution in [2.75, 3.05) is 6.54 Å². The maximum Gasteiger partial charge on any atom is 0.303 e. The van der Waals surface area contributed by atoms with Crippen molar-refractivity contribution in [1.82, 2.24) is 5.32 Å². The first kappa shape index (κ1) is 20.6. The van der Waals surface area contributed by atoms with Crippen LogP contribution >= 0.6 is 0 Å². The number of allylic oxidation sites excluding steroid dienone is 1. The van der Waals surface area contributed by atoms with Crippen molar-refractivity contribution in [1.29, 1.82) is 0 Å². The molecule has 152 valence electrons. The number of carboxylic acid groups (broad SMARTS) is 1. The molecule has 1 aromatic carbocycles. The first-order chi connectivity index (χ1) is 13.6. The summed E-state index contributed by atoms with van der Waals surface area (Å²) in [5, 5.41) is 12.0. The Bertz CT molecular complexity index is 672. The highest BCUT2D eigenvalue weighted by atomic mass is 16.5. The average molecular weight is 386 g/mol. The Hall–Kier alpha value is -2.14. The monoisotopic (exact) mass is 385 g/mol. The van der Waals surface area contributed by atoms with Gasteiger partial charge in [0.15, 0.2) is 5.78 Å². The molecule has 0 spiro atoms. The maximum absolute atomic E-state index is 12.1. The van der Waals surface area contributed by atoms with Gasteiger partial charge in [-0.15, -0.1) is 0 Å². The standard InChI is InChI=1S/C23H31NO4/c25-20(17-8-4-3-5-9-17)14-15-24-16-19-18(21-12-13-22(19)28-21)10-6-1-2-7-11-23(26)27/h3-5,8-9,14-15,18-19,21-22,24H,1-2,6-7,10-13,16H2,(H,26,27)/t18-,19-,21+,22-/m1/s1. The molecule has 2 aliphatic heterocycles. The van der Waals surface area contributed by atoms with Crippen LogP contribution in [-0.2, 0) is 9.53 Å². The highest BCUT2D eigenvalue weighted by molar-refractivity contribution is 6.04. The fourth-order valence-electron chi connectivity index (χ4n) is 4.60. The van der Waals surface area contributed by atoms with E-state index < -0.39 is 5.97 Å². The molecule has 0 aromatic heterocycles. The summed E-state index contributed by atoms with van der Waals surface area (Å²) in [4.78, 5) is 22.7. The van der Waals surface area contributed by atoms with Gasteiger partial charge in [0.25, 0.3) is 0 Å². The number of hydrogen-bond acceptors (Lipinski definition) is 4. The van der Waals surface area contributed by atoms with Gasteiger partial charge >= 0.3 is 5.97 Å². The van der Waals surface area contributed by atoms with E-state index in [1.165, 1.54) is 0 Å². The Morgan fingerprint density at radius 2 is 1.75 bits per heavy atom. The molecule has 2 fully saturated rings. The van der Waals surface area contributed by atoms with Crippen LogP contribution in [0, 0.1) is 11.8 Å². The number of rotatable bonds is 12. The van der Waals surface area contributed by atoms with E-state index in [1.54, 1.807) is 12.3 Å². The summed E-state index contributed by atoms with van der Waals surface area (Å²) in [5.41, 5.74) is 0.699. The van der Waals surface area contributed by atoms with Crippen LogP contribution in [0.15, 0.2) is 42.6 Å². The molecule has 2 heterocycles. The zero-order valence-corrected chi connectivity index (χ0v) is 16.4. The van der Waals surface area contributed by atoms with E-state index in [0.717, 1.165) is 51.5 Å². The predicted octanol–water partition coefficient (Wildman–Crippen LogP) is 4.19. The molecule has 2 aliphatic rings. The topological polar surface area (TPSA) is 75.6 Å². The predicted molar refractivity (Wildman–Crippen MR) is 108 cm³/mol. The first-order valence-electron chi connectivity index (χ1n) is 10.5. The number of hydrogen-bond donors (Lipinski definition) is 2. The molecule has 2 bridgehead atoms. The number of carbonyl (C=O) groups excluding carboxylic acids is 1. The van der Waals surface area contributed by atoms with Gasteiger partial charge in [0.05, 0.1) is 12.2 Å². The minimum atomic E-state index is -0.702. The molecule has 4 atom stereocenters. The van der Waals surface area contributed by atoms with Crippen molar-refractivity contribution in [2.24, 2.45) is 11.8 Å². The van der Waals surface area contributed by atoms with Crippen molar-refractivity contribution >= 4 is 11.8 Å². The van der Waals surface area contributed by atoms with Crippen LogP contribution in [-0.4, -0.2) is 35.6 Å². The molecule has 5 nitrogen and oxygen atoms in total. The van der Waals surface area contributed by atoms with Crippen LogP contribution in [0.2, 0.25) is 0 Å². The summed E-state index contributed by atoms with van der Waals surface area (Å²) in [6.45, 7) is 0.837. The van der Waals surface area contributed by atoms with E-state index in [2.05, 4.69) is 5.32 Å². The highest BCUT2D eigenvalue weighted by Gasteiger charge is 2.47. The van der Waals surface area contributed by atoms with Crippen LogP contribution in [0.3, 0.4) is 0 Å². The lowest BCUT2D eigenvalue weighted by atomic mass is 9.76. The van der Waals surface area contributed by atoms with E-state index >= 15 is 0 Å². The van der Waals surface area contributed by atoms with Gasteiger partial charge in [0.1, 0.15) is 0 Å². The van der Waals surface area contributed by atoms with Crippen molar-refractivity contribution < 1.29 is 19.4 Å². The number of benzene rings is 1. The van der Waals surface area contributed by atoms with Gasteiger partial charge in [-0.25, -0.2) is 0 Å². The summed E-state index contributed by atoms with van der Waals surface area (Å²) in [7, 11) is 0.